The largest absolute Gasteiger partial charge is 0.387 e. The SMILES string of the molecule is Cc1cc(N2CCOCC2)cc2[nH]c(C3=C(NCC(O)c4cccc(Cl)c4)CNC3=O)nc12. The third kappa shape index (κ3) is 4.42. The van der Waals surface area contributed by atoms with E-state index in [0.29, 0.717) is 47.4 Å². The van der Waals surface area contributed by atoms with E-state index >= 15 is 0 Å². The number of fused-ring (bicyclic) bond motifs is 1. The van der Waals surface area contributed by atoms with Gasteiger partial charge >= 0.3 is 0 Å². The topological polar surface area (TPSA) is 103 Å². The maximum Gasteiger partial charge on any atom is 0.257 e. The van der Waals surface area contributed by atoms with Crippen LogP contribution in [0.5, 0.6) is 0 Å². The normalized spacial score (nSPS) is 17.5. The zero-order valence-corrected chi connectivity index (χ0v) is 19.1. The molecule has 1 saturated heterocycles. The first kappa shape index (κ1) is 21.8. The number of anilines is 1. The average Bonchev–Trinajstić information content (AvgIpc) is 3.41. The molecule has 4 N–H and O–H groups in total. The average molecular weight is 468 g/mol. The molecule has 1 amide bonds. The molecule has 1 fully saturated rings. The van der Waals surface area contributed by atoms with Gasteiger partial charge < -0.3 is 30.4 Å². The van der Waals surface area contributed by atoms with Crippen molar-refractivity contribution in [2.24, 2.45) is 0 Å². The maximum absolute atomic E-state index is 12.6. The van der Waals surface area contributed by atoms with Crippen molar-refractivity contribution in [3.8, 4) is 0 Å². The molecule has 8 nitrogen and oxygen atoms in total. The zero-order chi connectivity index (χ0) is 22.9. The summed E-state index contributed by atoms with van der Waals surface area (Å²) in [5, 5.41) is 17.2. The number of benzene rings is 2. The van der Waals surface area contributed by atoms with Crippen LogP contribution in [0.2, 0.25) is 5.02 Å². The van der Waals surface area contributed by atoms with Gasteiger partial charge in [0, 0.05) is 36.0 Å². The van der Waals surface area contributed by atoms with E-state index in [9.17, 15) is 9.90 Å². The molecule has 0 aliphatic carbocycles. The molecular formula is C24H26ClN5O3. The van der Waals surface area contributed by atoms with E-state index in [2.05, 4.69) is 32.7 Å². The summed E-state index contributed by atoms with van der Waals surface area (Å²) < 4.78 is 5.46. The molecule has 1 unspecified atom stereocenters. The number of amides is 1. The Hall–Kier alpha value is -3.07. The molecule has 1 atom stereocenters. The first-order chi connectivity index (χ1) is 16.0. The highest BCUT2D eigenvalue weighted by atomic mass is 35.5. The van der Waals surface area contributed by atoms with Crippen LogP contribution in [0.25, 0.3) is 16.6 Å². The number of carbonyl (C=O) groups excluding carboxylic acids is 1. The minimum Gasteiger partial charge on any atom is -0.387 e. The van der Waals surface area contributed by atoms with Crippen molar-refractivity contribution in [1.29, 1.82) is 0 Å². The summed E-state index contributed by atoms with van der Waals surface area (Å²) in [5.41, 5.74) is 5.77. The summed E-state index contributed by atoms with van der Waals surface area (Å²) in [6.45, 7) is 5.76. The molecule has 2 aliphatic heterocycles. The van der Waals surface area contributed by atoms with E-state index in [-0.39, 0.29) is 12.5 Å². The van der Waals surface area contributed by atoms with Crippen molar-refractivity contribution in [3.05, 3.63) is 64.1 Å². The second kappa shape index (κ2) is 9.05. The van der Waals surface area contributed by atoms with Gasteiger partial charge in [-0.3, -0.25) is 4.79 Å². The fraction of sp³-hybridized carbons (Fsp3) is 0.333. The zero-order valence-electron chi connectivity index (χ0n) is 18.3. The van der Waals surface area contributed by atoms with E-state index in [1.54, 1.807) is 18.2 Å². The predicted octanol–water partition coefficient (Wildman–Crippen LogP) is 2.53. The third-order valence-corrected chi connectivity index (χ3v) is 6.31. The summed E-state index contributed by atoms with van der Waals surface area (Å²) in [6.07, 6.45) is -0.762. The highest BCUT2D eigenvalue weighted by Crippen LogP contribution is 2.29. The van der Waals surface area contributed by atoms with Crippen molar-refractivity contribution < 1.29 is 14.6 Å². The lowest BCUT2D eigenvalue weighted by Crippen LogP contribution is -2.36. The van der Waals surface area contributed by atoms with Gasteiger partial charge in [0.15, 0.2) is 0 Å². The van der Waals surface area contributed by atoms with Crippen LogP contribution in [0.1, 0.15) is 23.1 Å². The summed E-state index contributed by atoms with van der Waals surface area (Å²) in [5.74, 6) is 0.321. The number of halogens is 1. The molecule has 3 heterocycles. The number of aryl methyl sites for hydroxylation is 1. The van der Waals surface area contributed by atoms with Crippen LogP contribution in [-0.4, -0.2) is 60.4 Å². The molecule has 0 bridgehead atoms. The summed E-state index contributed by atoms with van der Waals surface area (Å²) >= 11 is 6.03. The van der Waals surface area contributed by atoms with Crippen molar-refractivity contribution in [3.63, 3.8) is 0 Å². The molecule has 0 spiro atoms. The molecule has 3 aromatic rings. The molecule has 172 valence electrons. The fourth-order valence-corrected chi connectivity index (χ4v) is 4.53. The standard InChI is InChI=1S/C24H26ClN5O3/c1-14-9-17(30-5-7-33-8-6-30)11-18-22(14)29-23(28-18)21-19(12-27-24(21)32)26-13-20(31)15-3-2-4-16(25)10-15/h2-4,9-11,20,26,31H,5-8,12-13H2,1H3,(H,27,32)(H,28,29). The van der Waals surface area contributed by atoms with Gasteiger partial charge in [0.2, 0.25) is 0 Å². The number of rotatable bonds is 6. The molecule has 1 aromatic heterocycles. The lowest BCUT2D eigenvalue weighted by molar-refractivity contribution is -0.114. The third-order valence-electron chi connectivity index (χ3n) is 6.07. The number of aromatic amines is 1. The highest BCUT2D eigenvalue weighted by molar-refractivity contribution is 6.30. The number of carbonyl (C=O) groups is 1. The van der Waals surface area contributed by atoms with Crippen LogP contribution in [0.4, 0.5) is 5.69 Å². The van der Waals surface area contributed by atoms with Gasteiger partial charge in [0.05, 0.1) is 36.9 Å². The van der Waals surface area contributed by atoms with Gasteiger partial charge in [-0.05, 0) is 42.3 Å². The van der Waals surface area contributed by atoms with Crippen molar-refractivity contribution in [1.82, 2.24) is 20.6 Å². The van der Waals surface area contributed by atoms with Crippen molar-refractivity contribution >= 4 is 39.8 Å². The number of H-pyrrole nitrogens is 1. The van der Waals surface area contributed by atoms with Gasteiger partial charge in [-0.25, -0.2) is 4.98 Å². The monoisotopic (exact) mass is 467 g/mol. The molecular weight excluding hydrogens is 442 g/mol. The van der Waals surface area contributed by atoms with Gasteiger partial charge in [0.25, 0.3) is 5.91 Å². The number of ether oxygens (including phenoxy) is 1. The fourth-order valence-electron chi connectivity index (χ4n) is 4.33. The Kier molecular flexibility index (Phi) is 5.97. The lowest BCUT2D eigenvalue weighted by Gasteiger charge is -2.29. The van der Waals surface area contributed by atoms with Crippen molar-refractivity contribution in [2.45, 2.75) is 13.0 Å². The van der Waals surface area contributed by atoms with Crippen molar-refractivity contribution in [2.75, 3.05) is 44.3 Å². The number of hydrogen-bond donors (Lipinski definition) is 4. The van der Waals surface area contributed by atoms with Crippen LogP contribution in [0.15, 0.2) is 42.1 Å². The van der Waals surface area contributed by atoms with Gasteiger partial charge in [0.1, 0.15) is 11.4 Å². The molecule has 33 heavy (non-hydrogen) atoms. The minimum absolute atomic E-state index is 0.195. The number of imidazole rings is 1. The number of morpholine rings is 1. The van der Waals surface area contributed by atoms with Crippen LogP contribution in [0.3, 0.4) is 0 Å². The quantitative estimate of drug-likeness (QED) is 0.444. The van der Waals surface area contributed by atoms with Crippen LogP contribution in [-0.2, 0) is 9.53 Å². The first-order valence-electron chi connectivity index (χ1n) is 11.0. The van der Waals surface area contributed by atoms with E-state index in [4.69, 9.17) is 21.3 Å². The smallest absolute Gasteiger partial charge is 0.257 e. The van der Waals surface area contributed by atoms with Crippen LogP contribution < -0.4 is 15.5 Å². The molecule has 9 heteroatoms. The number of nitrogens with one attached hydrogen (secondary N) is 3. The lowest BCUT2D eigenvalue weighted by atomic mass is 10.1. The van der Waals surface area contributed by atoms with Gasteiger partial charge in [-0.2, -0.15) is 0 Å². The summed E-state index contributed by atoms with van der Waals surface area (Å²) in [6, 6.07) is 11.3. The second-order valence-electron chi connectivity index (χ2n) is 8.33. The highest BCUT2D eigenvalue weighted by Gasteiger charge is 2.27. The maximum atomic E-state index is 12.6. The van der Waals surface area contributed by atoms with E-state index in [0.717, 1.165) is 35.4 Å². The Morgan fingerprint density at radius 3 is 2.88 bits per heavy atom. The first-order valence-corrected chi connectivity index (χ1v) is 11.4. The van der Waals surface area contributed by atoms with Crippen LogP contribution >= 0.6 is 11.6 Å². The Bertz CT molecular complexity index is 1230. The molecule has 5 rings (SSSR count). The molecule has 2 aromatic carbocycles. The number of hydrogen-bond acceptors (Lipinski definition) is 6. The van der Waals surface area contributed by atoms with Crippen LogP contribution in [0, 0.1) is 6.92 Å². The minimum atomic E-state index is -0.762. The number of aliphatic hydroxyl groups excluding tert-OH is 1. The van der Waals surface area contributed by atoms with Gasteiger partial charge in [-0.1, -0.05) is 23.7 Å². The van der Waals surface area contributed by atoms with Gasteiger partial charge in [-0.15, -0.1) is 0 Å². The number of aliphatic hydroxyl groups is 1. The molecule has 0 saturated carbocycles. The molecule has 0 radical (unpaired) electrons. The van der Waals surface area contributed by atoms with E-state index < -0.39 is 6.10 Å². The number of aromatic nitrogens is 2. The Labute approximate surface area is 196 Å². The summed E-state index contributed by atoms with van der Waals surface area (Å²) in [7, 11) is 0. The molecule has 2 aliphatic rings. The second-order valence-corrected chi connectivity index (χ2v) is 8.77. The van der Waals surface area contributed by atoms with E-state index in [1.807, 2.05) is 13.0 Å². The summed E-state index contributed by atoms with van der Waals surface area (Å²) in [4.78, 5) is 23.0. The predicted molar refractivity (Wildman–Crippen MR) is 128 cm³/mol. The Morgan fingerprint density at radius 2 is 2.09 bits per heavy atom. The van der Waals surface area contributed by atoms with E-state index in [1.165, 1.54) is 0 Å². The Morgan fingerprint density at radius 1 is 1.27 bits per heavy atom. The number of nitrogens with zero attached hydrogens (tertiary/aromatic N) is 2. The Balaban J connectivity index is 1.42.